The van der Waals surface area contributed by atoms with Gasteiger partial charge in [0.15, 0.2) is 11.5 Å². The van der Waals surface area contributed by atoms with Crippen LogP contribution in [0.1, 0.15) is 51.3 Å². The molecule has 36 heavy (non-hydrogen) atoms. The molecule has 1 N–H and O–H groups in total. The summed E-state index contributed by atoms with van der Waals surface area (Å²) in [6.45, 7) is 7.22. The van der Waals surface area contributed by atoms with Crippen molar-refractivity contribution in [3.8, 4) is 17.6 Å². The highest BCUT2D eigenvalue weighted by Gasteiger charge is 2.52. The first kappa shape index (κ1) is 24.2. The van der Waals surface area contributed by atoms with Crippen LogP contribution >= 0.6 is 0 Å². The molecule has 2 aliphatic rings. The van der Waals surface area contributed by atoms with Crippen LogP contribution in [0.5, 0.6) is 11.5 Å². The van der Waals surface area contributed by atoms with E-state index in [4.69, 9.17) is 5.26 Å². The Hall–Kier alpha value is -3.54. The highest BCUT2D eigenvalue weighted by molar-refractivity contribution is 6.11. The number of fused-ring (bicyclic) bond motifs is 2. The van der Waals surface area contributed by atoms with Gasteiger partial charge in [-0.05, 0) is 60.6 Å². The summed E-state index contributed by atoms with van der Waals surface area (Å²) >= 11 is 0. The molecular weight excluding hydrogens is 463 g/mol. The number of halogens is 2. The van der Waals surface area contributed by atoms with Gasteiger partial charge in [-0.2, -0.15) is 5.26 Å². The zero-order valence-corrected chi connectivity index (χ0v) is 20.8. The molecule has 5 rings (SSSR count). The van der Waals surface area contributed by atoms with Gasteiger partial charge in [-0.3, -0.25) is 4.79 Å². The number of nitrogens with zero attached hydrogens (tertiary/aromatic N) is 2. The number of anilines is 1. The summed E-state index contributed by atoms with van der Waals surface area (Å²) in [6.07, 6.45) is -1.96. The van der Waals surface area contributed by atoms with E-state index in [1.54, 1.807) is 6.07 Å². The van der Waals surface area contributed by atoms with Gasteiger partial charge in [0.25, 0.3) is 0 Å². The summed E-state index contributed by atoms with van der Waals surface area (Å²) in [6, 6.07) is 14.8. The molecule has 2 heterocycles. The predicted molar refractivity (Wildman–Crippen MR) is 135 cm³/mol. The molecular formula is C27H28BF2N3O3. The van der Waals surface area contributed by atoms with Crippen molar-refractivity contribution in [2.24, 2.45) is 0 Å². The van der Waals surface area contributed by atoms with Crippen molar-refractivity contribution in [2.75, 3.05) is 5.32 Å². The van der Waals surface area contributed by atoms with Gasteiger partial charge < -0.3 is 19.4 Å². The highest BCUT2D eigenvalue weighted by Crippen LogP contribution is 2.52. The second kappa shape index (κ2) is 8.26. The lowest BCUT2D eigenvalue weighted by atomic mass is 9.84. The number of amides is 1. The number of ether oxygens (including phenoxy) is 2. The Morgan fingerprint density at radius 2 is 1.89 bits per heavy atom. The van der Waals surface area contributed by atoms with Crippen molar-refractivity contribution in [1.29, 1.82) is 5.26 Å². The molecule has 0 saturated heterocycles. The van der Waals surface area contributed by atoms with Crippen LogP contribution in [0.4, 0.5) is 14.5 Å². The van der Waals surface area contributed by atoms with Crippen LogP contribution in [-0.2, 0) is 22.2 Å². The largest absolute Gasteiger partial charge is 0.586 e. The smallest absolute Gasteiger partial charge is 0.395 e. The number of alkyl halides is 2. The Bertz CT molecular complexity index is 1400. The van der Waals surface area contributed by atoms with E-state index in [9.17, 15) is 13.6 Å². The number of rotatable bonds is 6. The number of nitrogens with one attached hydrogen (secondary N) is 1. The number of hydrogen-bond acceptors (Lipinski definition) is 4. The maximum Gasteiger partial charge on any atom is 0.586 e. The third-order valence-electron chi connectivity index (χ3n) is 7.00. The van der Waals surface area contributed by atoms with Gasteiger partial charge in [-0.15, -0.1) is 8.78 Å². The van der Waals surface area contributed by atoms with Crippen LogP contribution in [-0.4, -0.2) is 24.6 Å². The van der Waals surface area contributed by atoms with Crippen LogP contribution < -0.4 is 14.8 Å². The van der Waals surface area contributed by atoms with Crippen molar-refractivity contribution in [1.82, 2.24) is 4.57 Å². The number of aromatic nitrogens is 1. The highest BCUT2D eigenvalue weighted by atomic mass is 19.3. The molecule has 1 fully saturated rings. The Morgan fingerprint density at radius 3 is 2.56 bits per heavy atom. The topological polar surface area (TPSA) is 76.3 Å². The van der Waals surface area contributed by atoms with Crippen LogP contribution in [0.3, 0.4) is 0 Å². The molecule has 0 spiro atoms. The van der Waals surface area contributed by atoms with E-state index in [1.807, 2.05) is 18.2 Å². The predicted octanol–water partition coefficient (Wildman–Crippen LogP) is 5.27. The zero-order valence-electron chi connectivity index (χ0n) is 20.8. The fourth-order valence-corrected chi connectivity index (χ4v) is 4.97. The molecule has 1 unspecified atom stereocenters. The van der Waals surface area contributed by atoms with Gasteiger partial charge in [0.1, 0.15) is 7.85 Å². The lowest BCUT2D eigenvalue weighted by molar-refractivity contribution is -0.286. The van der Waals surface area contributed by atoms with Crippen molar-refractivity contribution in [3.05, 3.63) is 53.7 Å². The molecule has 1 atom stereocenters. The van der Waals surface area contributed by atoms with E-state index in [0.29, 0.717) is 30.5 Å². The third-order valence-corrected chi connectivity index (χ3v) is 7.00. The average molecular weight is 491 g/mol. The zero-order chi connectivity index (χ0) is 25.9. The summed E-state index contributed by atoms with van der Waals surface area (Å²) in [5.74, 6) is -0.0543. The SMILES string of the molecule is BC(CC#N)Cn1c(C(C)(C)C)cc2cc(NC(=O)C3(c4ccc5c(c4)OC(F)(F)O5)CC3)ccc21. The van der Waals surface area contributed by atoms with E-state index in [2.05, 4.69) is 60.1 Å². The van der Waals surface area contributed by atoms with Crippen molar-refractivity contribution < 1.29 is 23.0 Å². The number of hydrogen-bond donors (Lipinski definition) is 1. The second-order valence-electron chi connectivity index (χ2n) is 11.0. The minimum Gasteiger partial charge on any atom is -0.395 e. The molecule has 0 bridgehead atoms. The lowest BCUT2D eigenvalue weighted by Gasteiger charge is -2.23. The first-order valence-electron chi connectivity index (χ1n) is 12.1. The number of benzene rings is 2. The second-order valence-corrected chi connectivity index (χ2v) is 11.0. The molecule has 1 aliphatic heterocycles. The first-order valence-corrected chi connectivity index (χ1v) is 12.1. The molecule has 1 aromatic heterocycles. The normalized spacial score (nSPS) is 18.0. The van der Waals surface area contributed by atoms with Gasteiger partial charge in [-0.1, -0.05) is 26.8 Å². The maximum atomic E-state index is 13.4. The van der Waals surface area contributed by atoms with Gasteiger partial charge in [0, 0.05) is 40.7 Å². The van der Waals surface area contributed by atoms with Gasteiger partial charge in [0.05, 0.1) is 11.5 Å². The number of carbonyl (C=O) groups excluding carboxylic acids is 1. The summed E-state index contributed by atoms with van der Waals surface area (Å²) in [4.78, 5) is 13.3. The molecule has 1 aliphatic carbocycles. The molecule has 186 valence electrons. The lowest BCUT2D eigenvalue weighted by Crippen LogP contribution is -2.27. The van der Waals surface area contributed by atoms with E-state index in [-0.39, 0.29) is 28.6 Å². The van der Waals surface area contributed by atoms with E-state index in [0.717, 1.165) is 17.4 Å². The van der Waals surface area contributed by atoms with E-state index in [1.165, 1.54) is 17.8 Å². The number of carbonyl (C=O) groups is 1. The average Bonchev–Trinajstić information content (AvgIpc) is 3.43. The Labute approximate surface area is 209 Å². The quantitative estimate of drug-likeness (QED) is 0.477. The van der Waals surface area contributed by atoms with Crippen LogP contribution in [0.25, 0.3) is 10.9 Å². The standard InChI is InChI=1S/C27H28BF2N3O3/c1-25(2,3)23-13-16-12-19(5-6-20(16)33(23)15-18(28)8-11-31)32-24(34)26(9-10-26)17-4-7-21-22(14-17)36-27(29,30)35-21/h4-7,12-14,18H,8-10,15,28H2,1-3H3,(H,32,34). The van der Waals surface area contributed by atoms with Gasteiger partial charge >= 0.3 is 6.29 Å². The molecule has 1 amide bonds. The summed E-state index contributed by atoms with van der Waals surface area (Å²) < 4.78 is 38.2. The third kappa shape index (κ3) is 4.30. The summed E-state index contributed by atoms with van der Waals surface area (Å²) in [7, 11) is 2.07. The molecule has 2 aromatic carbocycles. The van der Waals surface area contributed by atoms with Crippen molar-refractivity contribution in [2.45, 2.75) is 69.5 Å². The summed E-state index contributed by atoms with van der Waals surface area (Å²) in [5.41, 5.74) is 2.66. The minimum atomic E-state index is -3.69. The Morgan fingerprint density at radius 1 is 1.17 bits per heavy atom. The maximum absolute atomic E-state index is 13.4. The molecule has 0 radical (unpaired) electrons. The minimum absolute atomic E-state index is 0.0336. The first-order chi connectivity index (χ1) is 16.9. The van der Waals surface area contributed by atoms with Crippen LogP contribution in [0.2, 0.25) is 5.82 Å². The van der Waals surface area contributed by atoms with Gasteiger partial charge in [0.2, 0.25) is 5.91 Å². The molecule has 1 saturated carbocycles. The van der Waals surface area contributed by atoms with Crippen molar-refractivity contribution >= 4 is 30.3 Å². The Balaban J connectivity index is 1.41. The van der Waals surface area contributed by atoms with Gasteiger partial charge in [-0.25, -0.2) is 0 Å². The fraction of sp³-hybridized carbons (Fsp3) is 0.407. The summed E-state index contributed by atoms with van der Waals surface area (Å²) in [5, 5.41) is 13.2. The molecule has 9 heteroatoms. The molecule has 6 nitrogen and oxygen atoms in total. The fourth-order valence-electron chi connectivity index (χ4n) is 4.97. The van der Waals surface area contributed by atoms with Crippen molar-refractivity contribution in [3.63, 3.8) is 0 Å². The Kier molecular flexibility index (Phi) is 5.55. The van der Waals surface area contributed by atoms with Crippen LogP contribution in [0.15, 0.2) is 42.5 Å². The van der Waals surface area contributed by atoms with E-state index < -0.39 is 11.7 Å². The number of nitriles is 1. The van der Waals surface area contributed by atoms with E-state index >= 15 is 0 Å². The molecule has 3 aromatic rings. The van der Waals surface area contributed by atoms with Crippen LogP contribution in [0, 0.1) is 11.3 Å². The monoisotopic (exact) mass is 491 g/mol.